The zero-order valence-corrected chi connectivity index (χ0v) is 9.30. The minimum Gasteiger partial charge on any atom is -0.326 e. The second-order valence-electron chi connectivity index (χ2n) is 4.79. The molecule has 1 N–H and O–H groups in total. The van der Waals surface area contributed by atoms with Crippen LogP contribution in [-0.2, 0) is 4.79 Å². The zero-order valence-electron chi connectivity index (χ0n) is 9.30. The Morgan fingerprint density at radius 2 is 1.80 bits per heavy atom. The molecule has 2 nitrogen and oxygen atoms in total. The summed E-state index contributed by atoms with van der Waals surface area (Å²) in [5.41, 5.74) is 0.593. The van der Waals surface area contributed by atoms with Crippen molar-refractivity contribution in [3.05, 3.63) is 30.1 Å². The Kier molecular flexibility index (Phi) is 3.45. The van der Waals surface area contributed by atoms with Gasteiger partial charge in [0.1, 0.15) is 5.82 Å². The highest BCUT2D eigenvalue weighted by atomic mass is 19.1. The van der Waals surface area contributed by atoms with Crippen molar-refractivity contribution in [1.29, 1.82) is 0 Å². The molecular weight excluding hydrogens is 193 g/mol. The molecule has 0 unspecified atom stereocenters. The highest BCUT2D eigenvalue weighted by molar-refractivity contribution is 5.90. The first-order valence-electron chi connectivity index (χ1n) is 4.92. The van der Waals surface area contributed by atoms with Crippen molar-refractivity contribution in [2.75, 3.05) is 5.32 Å². The molecule has 0 heterocycles. The summed E-state index contributed by atoms with van der Waals surface area (Å²) in [7, 11) is 0. The molecule has 1 rings (SSSR count). The first-order valence-corrected chi connectivity index (χ1v) is 4.92. The van der Waals surface area contributed by atoms with Crippen molar-refractivity contribution in [3.63, 3.8) is 0 Å². The molecule has 15 heavy (non-hydrogen) atoms. The molecule has 82 valence electrons. The number of amides is 1. The second kappa shape index (κ2) is 4.43. The molecule has 0 aliphatic heterocycles. The number of anilines is 1. The molecular formula is C12H16FNO. The Hall–Kier alpha value is -1.38. The van der Waals surface area contributed by atoms with Crippen molar-refractivity contribution in [3.8, 4) is 0 Å². The standard InChI is InChI=1S/C12H16FNO/c1-12(2,3)8-11(15)14-10-6-4-9(13)5-7-10/h4-7H,8H2,1-3H3,(H,14,15). The van der Waals surface area contributed by atoms with Gasteiger partial charge < -0.3 is 5.32 Å². The van der Waals surface area contributed by atoms with Gasteiger partial charge in [-0.25, -0.2) is 4.39 Å². The summed E-state index contributed by atoms with van der Waals surface area (Å²) >= 11 is 0. The Morgan fingerprint density at radius 3 is 2.27 bits per heavy atom. The fourth-order valence-electron chi connectivity index (χ4n) is 1.22. The molecule has 0 aliphatic carbocycles. The monoisotopic (exact) mass is 209 g/mol. The second-order valence-corrected chi connectivity index (χ2v) is 4.79. The van der Waals surface area contributed by atoms with Crippen LogP contribution in [0.5, 0.6) is 0 Å². The lowest BCUT2D eigenvalue weighted by Gasteiger charge is -2.17. The lowest BCUT2D eigenvalue weighted by molar-refractivity contribution is -0.117. The quantitative estimate of drug-likeness (QED) is 0.796. The fourth-order valence-corrected chi connectivity index (χ4v) is 1.22. The molecule has 0 radical (unpaired) electrons. The van der Waals surface area contributed by atoms with E-state index in [9.17, 15) is 9.18 Å². The third-order valence-corrected chi connectivity index (χ3v) is 1.82. The van der Waals surface area contributed by atoms with Crippen molar-refractivity contribution in [1.82, 2.24) is 0 Å². The van der Waals surface area contributed by atoms with Crippen molar-refractivity contribution in [2.24, 2.45) is 5.41 Å². The normalized spacial score (nSPS) is 11.2. The number of nitrogens with one attached hydrogen (secondary N) is 1. The van der Waals surface area contributed by atoms with Gasteiger partial charge in [-0.3, -0.25) is 4.79 Å². The summed E-state index contributed by atoms with van der Waals surface area (Å²) in [5.74, 6) is -0.349. The van der Waals surface area contributed by atoms with E-state index >= 15 is 0 Å². The molecule has 1 aromatic rings. The molecule has 0 atom stereocenters. The van der Waals surface area contributed by atoms with Crippen LogP contribution in [0.25, 0.3) is 0 Å². The fraction of sp³-hybridized carbons (Fsp3) is 0.417. The third kappa shape index (κ3) is 4.58. The van der Waals surface area contributed by atoms with Crippen LogP contribution >= 0.6 is 0 Å². The van der Waals surface area contributed by atoms with E-state index in [0.717, 1.165) is 0 Å². The summed E-state index contributed by atoms with van der Waals surface area (Å²) in [6.45, 7) is 5.99. The topological polar surface area (TPSA) is 29.1 Å². The van der Waals surface area contributed by atoms with Crippen molar-refractivity contribution in [2.45, 2.75) is 27.2 Å². The van der Waals surface area contributed by atoms with E-state index in [-0.39, 0.29) is 17.1 Å². The Morgan fingerprint density at radius 1 is 1.27 bits per heavy atom. The van der Waals surface area contributed by atoms with E-state index in [2.05, 4.69) is 5.32 Å². The Bertz CT molecular complexity index is 338. The van der Waals surface area contributed by atoms with Gasteiger partial charge in [-0.1, -0.05) is 20.8 Å². The average Bonchev–Trinajstić information content (AvgIpc) is 2.05. The average molecular weight is 209 g/mol. The number of rotatable bonds is 2. The summed E-state index contributed by atoms with van der Waals surface area (Å²) in [6, 6.07) is 5.76. The third-order valence-electron chi connectivity index (χ3n) is 1.82. The maximum atomic E-state index is 12.6. The Labute approximate surface area is 89.5 Å². The molecule has 1 amide bonds. The minimum absolute atomic E-state index is 0.0376. The maximum absolute atomic E-state index is 12.6. The van der Waals surface area contributed by atoms with E-state index in [1.807, 2.05) is 20.8 Å². The molecule has 0 aromatic heterocycles. The van der Waals surface area contributed by atoms with Crippen LogP contribution in [0.15, 0.2) is 24.3 Å². The molecule has 0 fully saturated rings. The van der Waals surface area contributed by atoms with Gasteiger partial charge in [-0.05, 0) is 29.7 Å². The van der Waals surface area contributed by atoms with Crippen molar-refractivity contribution >= 4 is 11.6 Å². The predicted molar refractivity (Wildman–Crippen MR) is 59.1 cm³/mol. The van der Waals surface area contributed by atoms with Gasteiger partial charge in [0.2, 0.25) is 5.91 Å². The van der Waals surface area contributed by atoms with Gasteiger partial charge in [0, 0.05) is 12.1 Å². The Balaban J connectivity index is 2.55. The van der Waals surface area contributed by atoms with Gasteiger partial charge >= 0.3 is 0 Å². The highest BCUT2D eigenvalue weighted by Gasteiger charge is 2.15. The number of hydrogen-bond acceptors (Lipinski definition) is 1. The van der Waals surface area contributed by atoms with E-state index in [4.69, 9.17) is 0 Å². The molecule has 1 aromatic carbocycles. The first-order chi connectivity index (χ1) is 6.87. The van der Waals surface area contributed by atoms with Crippen LogP contribution < -0.4 is 5.32 Å². The first kappa shape index (κ1) is 11.7. The van der Waals surface area contributed by atoms with Crippen LogP contribution in [0.1, 0.15) is 27.2 Å². The van der Waals surface area contributed by atoms with E-state index < -0.39 is 0 Å². The van der Waals surface area contributed by atoms with Crippen molar-refractivity contribution < 1.29 is 9.18 Å². The number of benzene rings is 1. The number of hydrogen-bond donors (Lipinski definition) is 1. The lowest BCUT2D eigenvalue weighted by Crippen LogP contribution is -2.19. The van der Waals surface area contributed by atoms with Crippen LogP contribution in [0.4, 0.5) is 10.1 Å². The van der Waals surface area contributed by atoms with Gasteiger partial charge in [0.15, 0.2) is 0 Å². The predicted octanol–water partition coefficient (Wildman–Crippen LogP) is 3.20. The van der Waals surface area contributed by atoms with Crippen LogP contribution in [0.3, 0.4) is 0 Å². The highest BCUT2D eigenvalue weighted by Crippen LogP contribution is 2.19. The molecule has 3 heteroatoms. The van der Waals surface area contributed by atoms with Gasteiger partial charge in [-0.2, -0.15) is 0 Å². The molecule has 0 saturated carbocycles. The molecule has 0 spiro atoms. The van der Waals surface area contributed by atoms with Gasteiger partial charge in [-0.15, -0.1) is 0 Å². The molecule has 0 aliphatic rings. The van der Waals surface area contributed by atoms with Gasteiger partial charge in [0.05, 0.1) is 0 Å². The largest absolute Gasteiger partial charge is 0.326 e. The number of halogens is 1. The summed E-state index contributed by atoms with van der Waals surface area (Å²) in [4.78, 5) is 11.5. The lowest BCUT2D eigenvalue weighted by atomic mass is 9.92. The SMILES string of the molecule is CC(C)(C)CC(=O)Nc1ccc(F)cc1. The van der Waals surface area contributed by atoms with Crippen LogP contribution in [-0.4, -0.2) is 5.91 Å². The summed E-state index contributed by atoms with van der Waals surface area (Å²) in [6.07, 6.45) is 0.449. The zero-order chi connectivity index (χ0) is 11.5. The minimum atomic E-state index is -0.302. The summed E-state index contributed by atoms with van der Waals surface area (Å²) in [5, 5.41) is 2.72. The summed E-state index contributed by atoms with van der Waals surface area (Å²) < 4.78 is 12.6. The van der Waals surface area contributed by atoms with Crippen LogP contribution in [0, 0.1) is 11.2 Å². The smallest absolute Gasteiger partial charge is 0.224 e. The molecule has 0 saturated heterocycles. The van der Waals surface area contributed by atoms with E-state index in [1.165, 1.54) is 12.1 Å². The van der Waals surface area contributed by atoms with E-state index in [0.29, 0.717) is 12.1 Å². The van der Waals surface area contributed by atoms with Gasteiger partial charge in [0.25, 0.3) is 0 Å². The van der Waals surface area contributed by atoms with E-state index in [1.54, 1.807) is 12.1 Å². The maximum Gasteiger partial charge on any atom is 0.224 e. The number of carbonyl (C=O) groups excluding carboxylic acids is 1. The molecule has 0 bridgehead atoms. The number of carbonyl (C=O) groups is 1. The van der Waals surface area contributed by atoms with Crippen LogP contribution in [0.2, 0.25) is 0 Å².